The van der Waals surface area contributed by atoms with Crippen LogP contribution in [0.25, 0.3) is 22.4 Å². The van der Waals surface area contributed by atoms with E-state index in [9.17, 15) is 5.11 Å². The van der Waals surface area contributed by atoms with E-state index in [1.54, 1.807) is 18.3 Å². The van der Waals surface area contributed by atoms with Crippen molar-refractivity contribution in [3.8, 4) is 22.4 Å². The third-order valence-electron chi connectivity index (χ3n) is 3.26. The molecule has 0 unspecified atom stereocenters. The van der Waals surface area contributed by atoms with Gasteiger partial charge in [-0.25, -0.2) is 9.97 Å². The number of hydrogen-bond acceptors (Lipinski definition) is 3. The lowest BCUT2D eigenvalue weighted by molar-refractivity contribution is 0.271. The number of halogens is 2. The van der Waals surface area contributed by atoms with E-state index in [0.717, 1.165) is 16.7 Å². The normalized spacial score (nSPS) is 10.7. The van der Waals surface area contributed by atoms with E-state index in [1.807, 2.05) is 36.4 Å². The molecule has 0 aliphatic rings. The molecule has 22 heavy (non-hydrogen) atoms. The van der Waals surface area contributed by atoms with Gasteiger partial charge in [-0.1, -0.05) is 53.5 Å². The second-order valence-corrected chi connectivity index (χ2v) is 5.54. The average molecular weight is 331 g/mol. The van der Waals surface area contributed by atoms with Crippen molar-refractivity contribution >= 4 is 23.2 Å². The van der Waals surface area contributed by atoms with Crippen LogP contribution >= 0.6 is 23.2 Å². The Morgan fingerprint density at radius 1 is 0.909 bits per heavy atom. The van der Waals surface area contributed by atoms with Crippen molar-refractivity contribution < 1.29 is 5.11 Å². The summed E-state index contributed by atoms with van der Waals surface area (Å²) in [6.07, 6.45) is 1.68. The standard InChI is InChI=1S/C17H12Cl2N2O/c18-12-7-5-11(6-8-12)17-14(9-20-16(10-22)21-17)13-3-1-2-4-15(13)19/h1-9,22H,10H2. The summed E-state index contributed by atoms with van der Waals surface area (Å²) in [4.78, 5) is 8.62. The Bertz CT molecular complexity index is 804. The van der Waals surface area contributed by atoms with Gasteiger partial charge < -0.3 is 5.11 Å². The van der Waals surface area contributed by atoms with Gasteiger partial charge in [0.05, 0.1) is 5.69 Å². The van der Waals surface area contributed by atoms with Gasteiger partial charge in [-0.15, -0.1) is 0 Å². The lowest BCUT2D eigenvalue weighted by atomic mass is 10.0. The SMILES string of the molecule is OCc1ncc(-c2ccccc2Cl)c(-c2ccc(Cl)cc2)n1. The van der Waals surface area contributed by atoms with Crippen molar-refractivity contribution in [3.63, 3.8) is 0 Å². The fraction of sp³-hybridized carbons (Fsp3) is 0.0588. The summed E-state index contributed by atoms with van der Waals surface area (Å²) >= 11 is 12.2. The fourth-order valence-corrected chi connectivity index (χ4v) is 2.56. The van der Waals surface area contributed by atoms with E-state index < -0.39 is 0 Å². The molecule has 0 saturated carbocycles. The highest BCUT2D eigenvalue weighted by molar-refractivity contribution is 6.33. The smallest absolute Gasteiger partial charge is 0.154 e. The Kier molecular flexibility index (Phi) is 4.39. The van der Waals surface area contributed by atoms with Gasteiger partial charge in [0.25, 0.3) is 0 Å². The van der Waals surface area contributed by atoms with Crippen molar-refractivity contribution in [2.24, 2.45) is 0 Å². The maximum absolute atomic E-state index is 9.30. The molecule has 0 fully saturated rings. The lowest BCUT2D eigenvalue weighted by Crippen LogP contribution is -1.99. The van der Waals surface area contributed by atoms with Crippen LogP contribution < -0.4 is 0 Å². The van der Waals surface area contributed by atoms with Crippen molar-refractivity contribution in [2.45, 2.75) is 6.61 Å². The van der Waals surface area contributed by atoms with Gasteiger partial charge in [-0.3, -0.25) is 0 Å². The zero-order valence-electron chi connectivity index (χ0n) is 11.5. The summed E-state index contributed by atoms with van der Waals surface area (Å²) in [7, 11) is 0. The molecule has 1 N–H and O–H groups in total. The van der Waals surface area contributed by atoms with Gasteiger partial charge in [0.2, 0.25) is 0 Å². The van der Waals surface area contributed by atoms with Gasteiger partial charge in [-0.2, -0.15) is 0 Å². The number of nitrogens with zero attached hydrogens (tertiary/aromatic N) is 2. The van der Waals surface area contributed by atoms with E-state index in [2.05, 4.69) is 9.97 Å². The molecule has 0 spiro atoms. The van der Waals surface area contributed by atoms with Gasteiger partial charge in [0.1, 0.15) is 6.61 Å². The summed E-state index contributed by atoms with van der Waals surface area (Å²) < 4.78 is 0. The first-order chi connectivity index (χ1) is 10.7. The Balaban J connectivity index is 2.22. The molecule has 5 heteroatoms. The van der Waals surface area contributed by atoms with Gasteiger partial charge in [0, 0.05) is 32.9 Å². The van der Waals surface area contributed by atoms with Crippen molar-refractivity contribution in [1.82, 2.24) is 9.97 Å². The van der Waals surface area contributed by atoms with Crippen molar-refractivity contribution in [3.05, 3.63) is 70.6 Å². The van der Waals surface area contributed by atoms with Crippen LogP contribution in [0.4, 0.5) is 0 Å². The summed E-state index contributed by atoms with van der Waals surface area (Å²) in [5.74, 6) is 0.362. The van der Waals surface area contributed by atoms with Gasteiger partial charge in [0.15, 0.2) is 5.82 Å². The number of benzene rings is 2. The topological polar surface area (TPSA) is 46.0 Å². The first-order valence-corrected chi connectivity index (χ1v) is 7.42. The van der Waals surface area contributed by atoms with Crippen LogP contribution in [-0.4, -0.2) is 15.1 Å². The van der Waals surface area contributed by atoms with Crippen LogP contribution in [0, 0.1) is 0 Å². The van der Waals surface area contributed by atoms with Crippen LogP contribution in [0.3, 0.4) is 0 Å². The Hall–Kier alpha value is -1.94. The van der Waals surface area contributed by atoms with Crippen LogP contribution in [-0.2, 0) is 6.61 Å². The second kappa shape index (κ2) is 6.44. The summed E-state index contributed by atoms with van der Waals surface area (Å²) in [5, 5.41) is 10.6. The minimum absolute atomic E-state index is 0.219. The summed E-state index contributed by atoms with van der Waals surface area (Å²) in [5.41, 5.74) is 3.25. The van der Waals surface area contributed by atoms with Crippen LogP contribution in [0.15, 0.2) is 54.7 Å². The first-order valence-electron chi connectivity index (χ1n) is 6.66. The largest absolute Gasteiger partial charge is 0.388 e. The van der Waals surface area contributed by atoms with Crippen LogP contribution in [0.1, 0.15) is 5.82 Å². The quantitative estimate of drug-likeness (QED) is 0.762. The number of rotatable bonds is 3. The van der Waals surface area contributed by atoms with Crippen LogP contribution in [0.2, 0.25) is 10.0 Å². The molecule has 3 nitrogen and oxygen atoms in total. The molecule has 1 aromatic heterocycles. The molecule has 1 heterocycles. The molecule has 3 rings (SSSR count). The van der Waals surface area contributed by atoms with E-state index in [0.29, 0.717) is 21.6 Å². The predicted molar refractivity (Wildman–Crippen MR) is 88.8 cm³/mol. The zero-order chi connectivity index (χ0) is 15.5. The summed E-state index contributed by atoms with van der Waals surface area (Å²) in [6, 6.07) is 14.9. The highest BCUT2D eigenvalue weighted by Crippen LogP contribution is 2.34. The molecule has 0 aliphatic heterocycles. The van der Waals surface area contributed by atoms with Gasteiger partial charge >= 0.3 is 0 Å². The maximum Gasteiger partial charge on any atom is 0.154 e. The predicted octanol–water partition coefficient (Wildman–Crippen LogP) is 4.61. The van der Waals surface area contributed by atoms with Crippen LogP contribution in [0.5, 0.6) is 0 Å². The van der Waals surface area contributed by atoms with E-state index in [-0.39, 0.29) is 6.61 Å². The summed E-state index contributed by atoms with van der Waals surface area (Å²) in [6.45, 7) is -0.219. The maximum atomic E-state index is 9.30. The Labute approximate surface area is 138 Å². The lowest BCUT2D eigenvalue weighted by Gasteiger charge is -2.11. The number of aliphatic hydroxyl groups is 1. The highest BCUT2D eigenvalue weighted by atomic mass is 35.5. The zero-order valence-corrected chi connectivity index (χ0v) is 13.0. The third-order valence-corrected chi connectivity index (χ3v) is 3.84. The second-order valence-electron chi connectivity index (χ2n) is 4.69. The molecular formula is C17H12Cl2N2O. The Morgan fingerprint density at radius 2 is 1.64 bits per heavy atom. The third kappa shape index (κ3) is 2.97. The van der Waals surface area contributed by atoms with Crippen molar-refractivity contribution in [1.29, 1.82) is 0 Å². The Morgan fingerprint density at radius 3 is 2.32 bits per heavy atom. The molecule has 0 radical (unpaired) electrons. The van der Waals surface area contributed by atoms with Crippen molar-refractivity contribution in [2.75, 3.05) is 0 Å². The fourth-order valence-electron chi connectivity index (χ4n) is 2.20. The molecule has 0 bridgehead atoms. The minimum atomic E-state index is -0.219. The molecule has 0 saturated heterocycles. The van der Waals surface area contributed by atoms with Gasteiger partial charge in [-0.05, 0) is 18.2 Å². The number of aromatic nitrogens is 2. The monoisotopic (exact) mass is 330 g/mol. The molecule has 2 aromatic carbocycles. The number of hydrogen-bond donors (Lipinski definition) is 1. The van der Waals surface area contributed by atoms with E-state index in [1.165, 1.54) is 0 Å². The first kappa shape index (κ1) is 15.0. The molecule has 0 aliphatic carbocycles. The molecule has 0 amide bonds. The molecule has 110 valence electrons. The average Bonchev–Trinajstić information content (AvgIpc) is 2.56. The molecule has 0 atom stereocenters. The minimum Gasteiger partial charge on any atom is -0.388 e. The number of aliphatic hydroxyl groups excluding tert-OH is 1. The molecular weight excluding hydrogens is 319 g/mol. The van der Waals surface area contributed by atoms with E-state index in [4.69, 9.17) is 23.2 Å². The highest BCUT2D eigenvalue weighted by Gasteiger charge is 2.13. The van der Waals surface area contributed by atoms with E-state index >= 15 is 0 Å². The molecule has 3 aromatic rings.